The van der Waals surface area contributed by atoms with E-state index in [-0.39, 0.29) is 24.7 Å². The Morgan fingerprint density at radius 3 is 2.65 bits per heavy atom. The highest BCUT2D eigenvalue weighted by Crippen LogP contribution is 2.32. The van der Waals surface area contributed by atoms with Crippen molar-refractivity contribution in [3.63, 3.8) is 0 Å². The van der Waals surface area contributed by atoms with Gasteiger partial charge in [-0.2, -0.15) is 13.2 Å². The van der Waals surface area contributed by atoms with E-state index >= 15 is 0 Å². The zero-order valence-electron chi connectivity index (χ0n) is 18.7. The lowest BCUT2D eigenvalue weighted by atomic mass is 9.99. The summed E-state index contributed by atoms with van der Waals surface area (Å²) in [6.45, 7) is 5.73. The Hall–Kier alpha value is -2.94. The number of H-pyrrole nitrogens is 1. The third-order valence-electron chi connectivity index (χ3n) is 5.80. The predicted molar refractivity (Wildman–Crippen MR) is 122 cm³/mol. The maximum atomic E-state index is 13.2. The van der Waals surface area contributed by atoms with Gasteiger partial charge in [0.2, 0.25) is 0 Å². The third-order valence-corrected chi connectivity index (χ3v) is 6.14. The molecule has 2 aromatic rings. The summed E-state index contributed by atoms with van der Waals surface area (Å²) in [6.07, 6.45) is -1.84. The molecular weight excluding hydrogens is 473 g/mol. The number of alkyl halides is 3. The lowest BCUT2D eigenvalue weighted by molar-refractivity contribution is -0.139. The first-order chi connectivity index (χ1) is 15.9. The van der Waals surface area contributed by atoms with Crippen molar-refractivity contribution in [2.24, 2.45) is 0 Å². The maximum Gasteiger partial charge on any atom is 0.423 e. The molecule has 0 unspecified atom stereocenters. The van der Waals surface area contributed by atoms with E-state index in [0.29, 0.717) is 10.8 Å². The molecular formula is C23H23F3N2O5S. The van der Waals surface area contributed by atoms with Crippen molar-refractivity contribution in [2.45, 2.75) is 51.8 Å². The molecule has 0 aliphatic carbocycles. The van der Waals surface area contributed by atoms with Crippen LogP contribution < -0.4 is 11.2 Å². The van der Waals surface area contributed by atoms with Crippen molar-refractivity contribution in [1.29, 1.82) is 0 Å². The van der Waals surface area contributed by atoms with Crippen molar-refractivity contribution < 1.29 is 27.4 Å². The fourth-order valence-electron chi connectivity index (χ4n) is 3.67. The van der Waals surface area contributed by atoms with E-state index in [1.807, 2.05) is 32.9 Å². The number of nitrogens with zero attached hydrogens (tertiary/aromatic N) is 1. The number of hydrogen-bond donors (Lipinski definition) is 1. The van der Waals surface area contributed by atoms with Crippen LogP contribution in [0.3, 0.4) is 0 Å². The van der Waals surface area contributed by atoms with Crippen LogP contribution in [-0.4, -0.2) is 40.0 Å². The number of halogens is 3. The molecule has 2 heterocycles. The largest absolute Gasteiger partial charge is 0.480 e. The zero-order chi connectivity index (χ0) is 25.2. The zero-order valence-corrected chi connectivity index (χ0v) is 19.5. The van der Waals surface area contributed by atoms with Gasteiger partial charge in [0.1, 0.15) is 31.1 Å². The molecule has 0 saturated carbocycles. The first kappa shape index (κ1) is 25.7. The lowest BCUT2D eigenvalue weighted by Gasteiger charge is -2.20. The van der Waals surface area contributed by atoms with E-state index in [2.05, 4.69) is 5.92 Å². The molecule has 0 bridgehead atoms. The molecule has 1 aromatic heterocycles. The van der Waals surface area contributed by atoms with Crippen molar-refractivity contribution in [1.82, 2.24) is 9.55 Å². The second-order valence-corrected chi connectivity index (χ2v) is 8.27. The number of aromatic amines is 1. The number of hydrogen-bond acceptors (Lipinski definition) is 6. The van der Waals surface area contributed by atoms with E-state index in [4.69, 9.17) is 32.9 Å². The monoisotopic (exact) mass is 496 g/mol. The number of benzene rings is 1. The SMILES string of the molecule is C#CCO[C@H]1C[C@H](n2cc(C(F)(F)F)c(=O)[nH]c2=O)O[C@@H]1COC(=S)c1ccc(C)c(C)c1C. The number of aryl methyl sites for hydroxylation is 1. The van der Waals surface area contributed by atoms with E-state index in [9.17, 15) is 22.8 Å². The lowest BCUT2D eigenvalue weighted by Crippen LogP contribution is -2.36. The molecule has 0 spiro atoms. The van der Waals surface area contributed by atoms with Crippen LogP contribution in [0.4, 0.5) is 13.2 Å². The molecule has 1 aliphatic heterocycles. The second kappa shape index (κ2) is 10.1. The van der Waals surface area contributed by atoms with Gasteiger partial charge in [0.05, 0.1) is 6.10 Å². The number of nitrogens with one attached hydrogen (secondary N) is 1. The molecule has 182 valence electrons. The molecule has 0 amide bonds. The van der Waals surface area contributed by atoms with Crippen LogP contribution in [0.15, 0.2) is 27.9 Å². The first-order valence-corrected chi connectivity index (χ1v) is 10.7. The minimum Gasteiger partial charge on any atom is -0.480 e. The van der Waals surface area contributed by atoms with Crippen LogP contribution in [-0.2, 0) is 20.4 Å². The average Bonchev–Trinajstić information content (AvgIpc) is 3.16. The number of rotatable bonds is 6. The molecule has 3 atom stereocenters. The van der Waals surface area contributed by atoms with Gasteiger partial charge in [0, 0.05) is 18.2 Å². The molecule has 1 aliphatic rings. The Labute approximate surface area is 198 Å². The predicted octanol–water partition coefficient (Wildman–Crippen LogP) is 3.18. The number of aromatic nitrogens is 2. The summed E-state index contributed by atoms with van der Waals surface area (Å²) >= 11 is 5.42. The fourth-order valence-corrected chi connectivity index (χ4v) is 3.95. The molecule has 3 rings (SSSR count). The van der Waals surface area contributed by atoms with E-state index in [1.54, 1.807) is 4.98 Å². The van der Waals surface area contributed by atoms with Crippen LogP contribution in [0.2, 0.25) is 0 Å². The molecule has 1 saturated heterocycles. The second-order valence-electron chi connectivity index (χ2n) is 7.90. The molecule has 1 N–H and O–H groups in total. The van der Waals surface area contributed by atoms with Gasteiger partial charge in [-0.1, -0.05) is 12.0 Å². The Balaban J connectivity index is 1.82. The molecule has 11 heteroatoms. The van der Waals surface area contributed by atoms with Gasteiger partial charge in [-0.15, -0.1) is 6.42 Å². The Bertz CT molecular complexity index is 1250. The van der Waals surface area contributed by atoms with Crippen molar-refractivity contribution in [3.8, 4) is 12.3 Å². The molecule has 0 radical (unpaired) electrons. The molecule has 7 nitrogen and oxygen atoms in total. The summed E-state index contributed by atoms with van der Waals surface area (Å²) in [7, 11) is 0. The molecule has 34 heavy (non-hydrogen) atoms. The van der Waals surface area contributed by atoms with Gasteiger partial charge >= 0.3 is 11.9 Å². The summed E-state index contributed by atoms with van der Waals surface area (Å²) in [5.74, 6) is 2.32. The van der Waals surface area contributed by atoms with Crippen molar-refractivity contribution in [2.75, 3.05) is 13.2 Å². The standard InChI is InChI=1S/C23H23F3N2O5S/c1-5-8-31-17-9-19(28-10-16(23(24,25)26)20(29)27-22(28)30)33-18(17)11-32-21(34)15-7-6-12(2)13(3)14(15)4/h1,6-7,10,17-19H,8-9,11H2,2-4H3,(H,27,29,30)/t17-,18+,19+/m0/s1. The topological polar surface area (TPSA) is 82.6 Å². The highest BCUT2D eigenvalue weighted by molar-refractivity contribution is 7.80. The van der Waals surface area contributed by atoms with E-state index in [0.717, 1.165) is 22.3 Å². The van der Waals surface area contributed by atoms with Gasteiger partial charge in [-0.3, -0.25) is 14.3 Å². The van der Waals surface area contributed by atoms with E-state index < -0.39 is 41.4 Å². The number of terminal acetylenes is 1. The highest BCUT2D eigenvalue weighted by Gasteiger charge is 2.40. The van der Waals surface area contributed by atoms with Crippen LogP contribution >= 0.6 is 12.2 Å². The number of thiocarbonyl (C=S) groups is 1. The summed E-state index contributed by atoms with van der Waals surface area (Å²) in [6, 6.07) is 3.78. The van der Waals surface area contributed by atoms with Gasteiger partial charge in [-0.25, -0.2) is 4.79 Å². The van der Waals surface area contributed by atoms with Gasteiger partial charge in [0.25, 0.3) is 5.56 Å². The third kappa shape index (κ3) is 5.41. The number of ether oxygens (including phenoxy) is 3. The van der Waals surface area contributed by atoms with Gasteiger partial charge in [0.15, 0.2) is 5.05 Å². The fraction of sp³-hybridized carbons (Fsp3) is 0.435. The minimum absolute atomic E-state index is 0.00832. The Morgan fingerprint density at radius 2 is 2.00 bits per heavy atom. The van der Waals surface area contributed by atoms with Gasteiger partial charge < -0.3 is 14.2 Å². The summed E-state index contributed by atoms with van der Waals surface area (Å²) in [5.41, 5.74) is -0.187. The maximum absolute atomic E-state index is 13.2. The normalized spacial score (nSPS) is 20.2. The average molecular weight is 497 g/mol. The van der Waals surface area contributed by atoms with Crippen LogP contribution in [0.1, 0.15) is 40.5 Å². The molecule has 1 fully saturated rings. The summed E-state index contributed by atoms with van der Waals surface area (Å²) < 4.78 is 57.3. The minimum atomic E-state index is -4.94. The quantitative estimate of drug-likeness (QED) is 0.489. The first-order valence-electron chi connectivity index (χ1n) is 10.3. The van der Waals surface area contributed by atoms with E-state index in [1.165, 1.54) is 0 Å². The van der Waals surface area contributed by atoms with Crippen LogP contribution in [0.25, 0.3) is 0 Å². The van der Waals surface area contributed by atoms with Gasteiger partial charge in [-0.05, 0) is 55.7 Å². The summed E-state index contributed by atoms with van der Waals surface area (Å²) in [5, 5.41) is 0.226. The smallest absolute Gasteiger partial charge is 0.423 e. The Kier molecular flexibility index (Phi) is 7.65. The molecule has 1 aromatic carbocycles. The van der Waals surface area contributed by atoms with Crippen molar-refractivity contribution in [3.05, 3.63) is 67.0 Å². The Morgan fingerprint density at radius 1 is 1.29 bits per heavy atom. The van der Waals surface area contributed by atoms with Crippen LogP contribution in [0, 0.1) is 33.1 Å². The van der Waals surface area contributed by atoms with Crippen molar-refractivity contribution >= 4 is 17.3 Å². The summed E-state index contributed by atoms with van der Waals surface area (Å²) in [4.78, 5) is 25.5. The van der Waals surface area contributed by atoms with Crippen LogP contribution in [0.5, 0.6) is 0 Å². The highest BCUT2D eigenvalue weighted by atomic mass is 32.1.